The molecule has 2 aliphatic rings. The molecule has 13 amide bonds. The third-order valence-corrected chi connectivity index (χ3v) is 17.3. The maximum atomic E-state index is 15.3. The van der Waals surface area contributed by atoms with Gasteiger partial charge < -0.3 is 119 Å². The zero-order chi connectivity index (χ0) is 87.6. The number of carbonyl (C=O) groups is 15. The molecule has 39 heteroatoms. The molecule has 4 unspecified atom stereocenters. The van der Waals surface area contributed by atoms with E-state index in [4.69, 9.17) is 34.2 Å². The summed E-state index contributed by atoms with van der Waals surface area (Å²) in [4.78, 5) is 212. The number of ether oxygens (including phenoxy) is 6. The highest BCUT2D eigenvalue weighted by atomic mass is 16.6. The Hall–Kier alpha value is -9.73. The molecule has 39 nitrogen and oxygen atoms in total. The van der Waals surface area contributed by atoms with Gasteiger partial charge in [0.15, 0.2) is 12.0 Å². The van der Waals surface area contributed by atoms with Crippen LogP contribution in [0.25, 0.3) is 0 Å². The van der Waals surface area contributed by atoms with Crippen LogP contribution >= 0.6 is 0 Å². The van der Waals surface area contributed by atoms with Gasteiger partial charge in [-0.1, -0.05) is 63.9 Å². The summed E-state index contributed by atoms with van der Waals surface area (Å²) in [5, 5.41) is 70.2. The number of aliphatic hydroxyl groups is 3. The number of cyclic esters (lactones) is 1. The fraction of sp³-hybridized carbons (Fsp3) is 0.727. The van der Waals surface area contributed by atoms with Crippen LogP contribution < -0.4 is 80.2 Å². The maximum Gasteiger partial charge on any atom is 0.407 e. The van der Waals surface area contributed by atoms with Gasteiger partial charge in [0.05, 0.1) is 18.2 Å². The number of carbonyl (C=O) groups excluding carboxylic acids is 15. The Kier molecular flexibility index (Phi) is 41.6. The zero-order valence-electron chi connectivity index (χ0n) is 70.1. The molecule has 0 aliphatic carbocycles. The number of unbranched alkanes of at least 4 members (excludes halogenated alkanes) is 2. The van der Waals surface area contributed by atoms with Crippen LogP contribution in [0.3, 0.4) is 0 Å². The largest absolute Gasteiger partial charge is 0.462 e. The first-order valence-corrected chi connectivity index (χ1v) is 39.5. The van der Waals surface area contributed by atoms with E-state index < -0.39 is 242 Å². The third-order valence-electron chi connectivity index (χ3n) is 17.3. The summed E-state index contributed by atoms with van der Waals surface area (Å²) in [7, 11) is 0. The Bertz CT molecular complexity index is 3430. The molecule has 0 saturated carbocycles. The van der Waals surface area contributed by atoms with Crippen LogP contribution in [-0.2, 0) is 87.6 Å². The lowest BCUT2D eigenvalue weighted by atomic mass is 10.00. The second-order valence-electron chi connectivity index (χ2n) is 33.2. The van der Waals surface area contributed by atoms with Crippen LogP contribution in [-0.4, -0.2) is 251 Å². The minimum Gasteiger partial charge on any atom is -0.462 e. The first kappa shape index (κ1) is 100. The number of rotatable bonds is 32. The molecule has 3 rings (SSSR count). The smallest absolute Gasteiger partial charge is 0.407 e. The van der Waals surface area contributed by atoms with Crippen molar-refractivity contribution in [2.75, 3.05) is 39.3 Å². The van der Waals surface area contributed by atoms with Gasteiger partial charge in [-0.25, -0.2) is 19.2 Å². The topological polar surface area (TPSA) is 567 Å². The monoisotopic (exact) mass is 1650 g/mol. The SMILES string of the molecule is CCCCCC1CC(C(=O)O[C@@H](CCN)C(=O)N[C@H](C(=O)N[C@@H](CCNC(=O)OC(C)(C)C)C(=O)N[C@H]2CCNC(=O)[C@H]([C@H](C)O)NC(O)[C@H](CCNC(=O)OC(C)(C)C)NC(=O)[C@H](CCNC(=O)OC(C)(C)C)NC(=O)[C@H](CC(C)C)NC(=O)[C@@H](Cc3ccccc3)NC(=O)[C@H](CCNC(=O)OC(C)(C)C)NC2=O)C(C)O)C(=O)O1. The highest BCUT2D eigenvalue weighted by Gasteiger charge is 2.44. The van der Waals surface area contributed by atoms with Crippen molar-refractivity contribution in [1.29, 1.82) is 0 Å². The fourth-order valence-electron chi connectivity index (χ4n) is 11.7. The van der Waals surface area contributed by atoms with Crippen LogP contribution in [0, 0.1) is 11.8 Å². The predicted molar refractivity (Wildman–Crippen MR) is 420 cm³/mol. The molecule has 2 fully saturated rings. The Labute approximate surface area is 678 Å². The zero-order valence-corrected chi connectivity index (χ0v) is 70.1. The van der Waals surface area contributed by atoms with Crippen molar-refractivity contribution < 1.29 is 116 Å². The van der Waals surface area contributed by atoms with E-state index >= 15 is 19.2 Å². The molecule has 116 heavy (non-hydrogen) atoms. The van der Waals surface area contributed by atoms with Crippen LogP contribution in [0.15, 0.2) is 30.3 Å². The first-order chi connectivity index (χ1) is 54.0. The summed E-state index contributed by atoms with van der Waals surface area (Å²) in [6.45, 7) is 24.3. The number of benzene rings is 1. The van der Waals surface area contributed by atoms with Crippen LogP contribution in [0.4, 0.5) is 19.2 Å². The van der Waals surface area contributed by atoms with Gasteiger partial charge in [-0.05, 0) is 166 Å². The average molecular weight is 1650 g/mol. The maximum absolute atomic E-state index is 15.3. The molecule has 2 heterocycles. The quantitative estimate of drug-likeness (QED) is 0.0197. The second kappa shape index (κ2) is 48.1. The molecular formula is C77H129N15O24. The number of hydrogen-bond donors (Lipinski definition) is 18. The molecular weight excluding hydrogens is 1520 g/mol. The van der Waals surface area contributed by atoms with E-state index in [-0.39, 0.29) is 64.1 Å². The van der Waals surface area contributed by atoms with Crippen LogP contribution in [0.2, 0.25) is 0 Å². The van der Waals surface area contributed by atoms with Gasteiger partial charge in [0.25, 0.3) is 5.91 Å². The lowest BCUT2D eigenvalue weighted by Gasteiger charge is -2.32. The van der Waals surface area contributed by atoms with Crippen molar-refractivity contribution >= 4 is 89.5 Å². The van der Waals surface area contributed by atoms with Crippen molar-refractivity contribution in [2.45, 2.75) is 309 Å². The number of hydrogen-bond acceptors (Lipinski definition) is 26. The van der Waals surface area contributed by atoms with Gasteiger partial charge in [0.2, 0.25) is 47.3 Å². The van der Waals surface area contributed by atoms with Gasteiger partial charge >= 0.3 is 36.3 Å². The molecule has 1 aromatic carbocycles. The van der Waals surface area contributed by atoms with E-state index in [0.717, 1.165) is 33.1 Å². The van der Waals surface area contributed by atoms with Crippen molar-refractivity contribution in [2.24, 2.45) is 17.6 Å². The van der Waals surface area contributed by atoms with Gasteiger partial charge in [-0.3, -0.25) is 58.1 Å². The molecule has 1 aromatic rings. The molecule has 2 aliphatic heterocycles. The van der Waals surface area contributed by atoms with Crippen LogP contribution in [0.5, 0.6) is 0 Å². The molecule has 0 aromatic heterocycles. The third kappa shape index (κ3) is 39.3. The summed E-state index contributed by atoms with van der Waals surface area (Å²) in [6, 6.07) is -7.50. The van der Waals surface area contributed by atoms with Crippen molar-refractivity contribution in [1.82, 2.24) is 74.4 Å². The number of amides is 13. The van der Waals surface area contributed by atoms with Gasteiger partial charge in [-0.15, -0.1) is 0 Å². The van der Waals surface area contributed by atoms with Gasteiger partial charge in [-0.2, -0.15) is 0 Å². The number of nitrogens with two attached hydrogens (primary N) is 1. The van der Waals surface area contributed by atoms with E-state index in [1.54, 1.807) is 127 Å². The molecule has 2 saturated heterocycles. The lowest BCUT2D eigenvalue weighted by molar-refractivity contribution is -0.164. The second-order valence-corrected chi connectivity index (χ2v) is 33.2. The molecule has 19 N–H and O–H groups in total. The summed E-state index contributed by atoms with van der Waals surface area (Å²) in [5.41, 5.74) is 2.30. The van der Waals surface area contributed by atoms with E-state index in [2.05, 4.69) is 74.4 Å². The summed E-state index contributed by atoms with van der Waals surface area (Å²) >= 11 is 0. The Balaban J connectivity index is 2.36. The van der Waals surface area contributed by atoms with Crippen molar-refractivity contribution in [3.8, 4) is 0 Å². The Morgan fingerprint density at radius 3 is 1.55 bits per heavy atom. The van der Waals surface area contributed by atoms with Gasteiger partial charge in [0, 0.05) is 52.0 Å². The minimum absolute atomic E-state index is 0.0274. The highest BCUT2D eigenvalue weighted by molar-refractivity contribution is 6.00. The standard InChI is InChI=1S/C77H129N15O24/c1-18-19-21-26-46-41-47(68(105)111-46)69(106)112-55(27-33-78)65(102)92-57(44(5)94)67(104)88-51(31-37-82-72(109)115-76(12,13)14)60(97)84-48-28-34-79-66(103)56(43(4)93)91-62(99)52(32-38-83-73(110)116-77(15,16)17)86-59(96)49(29-35-80-70(107)113-74(6,7)8)87-63(100)53(39-42(2)3)89-64(101)54(40-45-24-22-20-23-25-45)90-61(98)50(85-58(48)95)30-36-81-71(108)114-75(9,10)11/h20,22-25,42-44,46-57,62,91,93-94,99H,18-19,21,26-41,78H2,1-17H3,(H,79,103)(H,80,107)(H,81,108)(H,82,109)(H,83,110)(H,84,97)(H,85,95)(H,86,96)(H,87,100)(H,88,104)(H,89,101)(H,90,98)(H,92,102)/t43-,44?,46?,47?,48-,49-,50-,51-,52-,53-,54+,55-,56-,57-,62?/m0/s1. The summed E-state index contributed by atoms with van der Waals surface area (Å²) in [6.07, 6.45) is -11.9. The van der Waals surface area contributed by atoms with E-state index in [9.17, 15) is 68.1 Å². The van der Waals surface area contributed by atoms with Crippen molar-refractivity contribution in [3.05, 3.63) is 35.9 Å². The first-order valence-electron chi connectivity index (χ1n) is 39.5. The minimum atomic E-state index is -2.04. The molecule has 0 spiro atoms. The fourth-order valence-corrected chi connectivity index (χ4v) is 11.7. The lowest BCUT2D eigenvalue weighted by Crippen LogP contribution is -2.62. The normalized spacial score (nSPS) is 22.5. The van der Waals surface area contributed by atoms with Crippen molar-refractivity contribution in [3.63, 3.8) is 0 Å². The average Bonchev–Trinajstić information content (AvgIpc) is 1.59. The molecule has 656 valence electrons. The number of aliphatic hydroxyl groups excluding tert-OH is 3. The van der Waals surface area contributed by atoms with E-state index in [1.165, 1.54) is 0 Å². The molecule has 15 atom stereocenters. The predicted octanol–water partition coefficient (Wildman–Crippen LogP) is 0.143. The van der Waals surface area contributed by atoms with E-state index in [1.807, 2.05) is 6.92 Å². The van der Waals surface area contributed by atoms with Crippen LogP contribution in [0.1, 0.15) is 200 Å². The number of alkyl carbamates (subject to hydrolysis) is 4. The number of esters is 2. The Morgan fingerprint density at radius 1 is 0.569 bits per heavy atom. The van der Waals surface area contributed by atoms with Gasteiger partial charge in [0.1, 0.15) is 83.1 Å². The summed E-state index contributed by atoms with van der Waals surface area (Å²) < 4.78 is 32.5. The Morgan fingerprint density at radius 2 is 1.05 bits per heavy atom. The molecule has 0 radical (unpaired) electrons. The summed E-state index contributed by atoms with van der Waals surface area (Å²) in [5.74, 6) is -13.8. The highest BCUT2D eigenvalue weighted by Crippen LogP contribution is 2.27. The molecule has 0 bridgehead atoms. The number of nitrogens with one attached hydrogen (secondary N) is 14. The van der Waals surface area contributed by atoms with E-state index in [0.29, 0.717) is 12.0 Å².